The summed E-state index contributed by atoms with van der Waals surface area (Å²) in [6.45, 7) is 2.20. The molecule has 5 heteroatoms. The minimum absolute atomic E-state index is 0.198. The Hall–Kier alpha value is -2.82. The third kappa shape index (κ3) is 4.35. The van der Waals surface area contributed by atoms with Crippen molar-refractivity contribution in [1.82, 2.24) is 5.32 Å². The zero-order valence-electron chi connectivity index (χ0n) is 11.6. The van der Waals surface area contributed by atoms with Crippen molar-refractivity contribution >= 4 is 17.7 Å². The summed E-state index contributed by atoms with van der Waals surface area (Å²) in [6, 6.07) is 14.3. The highest BCUT2D eigenvalue weighted by atomic mass is 16.4. The van der Waals surface area contributed by atoms with Crippen molar-refractivity contribution in [2.45, 2.75) is 13.5 Å². The highest BCUT2D eigenvalue weighted by molar-refractivity contribution is 6.04. The molecule has 108 valence electrons. The van der Waals surface area contributed by atoms with Crippen molar-refractivity contribution in [3.8, 4) is 0 Å². The van der Waals surface area contributed by atoms with Gasteiger partial charge in [0.25, 0.3) is 5.91 Å². The van der Waals surface area contributed by atoms with Crippen LogP contribution in [0, 0.1) is 6.92 Å². The fourth-order valence-electron chi connectivity index (χ4n) is 1.79. The molecule has 0 aliphatic heterocycles. The van der Waals surface area contributed by atoms with Crippen LogP contribution >= 0.6 is 0 Å². The van der Waals surface area contributed by atoms with Crippen LogP contribution in [0.25, 0.3) is 0 Å². The number of carbonyl (C=O) groups excluding carboxylic acids is 1. The molecular weight excluding hydrogens is 268 g/mol. The lowest BCUT2D eigenvalue weighted by atomic mass is 10.1. The molecule has 0 atom stereocenters. The number of carboxylic acid groups (broad SMARTS) is 1. The Morgan fingerprint density at radius 1 is 1.00 bits per heavy atom. The first-order valence-corrected chi connectivity index (χ1v) is 6.48. The van der Waals surface area contributed by atoms with Gasteiger partial charge in [-0.1, -0.05) is 29.8 Å². The summed E-state index contributed by atoms with van der Waals surface area (Å²) in [5, 5.41) is 13.6. The van der Waals surface area contributed by atoms with E-state index in [0.717, 1.165) is 16.8 Å². The zero-order chi connectivity index (χ0) is 15.2. The standard InChI is InChI=1S/C16H16N2O3/c1-11-2-8-14(9-3-11)18-15(19)13-6-4-12(5-7-13)10-17-16(20)21/h2-9,17H,10H2,1H3,(H,18,19)(H,20,21). The quantitative estimate of drug-likeness (QED) is 0.807. The number of nitrogens with one attached hydrogen (secondary N) is 2. The Kier molecular flexibility index (Phi) is 4.56. The van der Waals surface area contributed by atoms with Crippen molar-refractivity contribution in [2.75, 3.05) is 5.32 Å². The molecule has 2 aromatic carbocycles. The predicted octanol–water partition coefficient (Wildman–Crippen LogP) is 3.01. The normalized spacial score (nSPS) is 9.95. The lowest BCUT2D eigenvalue weighted by molar-refractivity contribution is 0.102. The molecule has 0 radical (unpaired) electrons. The van der Waals surface area contributed by atoms with Gasteiger partial charge in [-0.3, -0.25) is 4.79 Å². The summed E-state index contributed by atoms with van der Waals surface area (Å²) >= 11 is 0. The van der Waals surface area contributed by atoms with Gasteiger partial charge >= 0.3 is 6.09 Å². The lowest BCUT2D eigenvalue weighted by Gasteiger charge is -2.07. The number of anilines is 1. The van der Waals surface area contributed by atoms with E-state index in [1.165, 1.54) is 0 Å². The summed E-state index contributed by atoms with van der Waals surface area (Å²) in [6.07, 6.45) is -1.07. The van der Waals surface area contributed by atoms with Crippen molar-refractivity contribution in [2.24, 2.45) is 0 Å². The molecule has 3 N–H and O–H groups in total. The molecule has 21 heavy (non-hydrogen) atoms. The first-order chi connectivity index (χ1) is 10.0. The number of hydrogen-bond acceptors (Lipinski definition) is 2. The summed E-state index contributed by atoms with van der Waals surface area (Å²) in [5.74, 6) is -0.198. The summed E-state index contributed by atoms with van der Waals surface area (Å²) < 4.78 is 0. The summed E-state index contributed by atoms with van der Waals surface area (Å²) in [7, 11) is 0. The Labute approximate surface area is 122 Å². The first kappa shape index (κ1) is 14.6. The number of aryl methyl sites for hydroxylation is 1. The molecule has 2 aromatic rings. The third-order valence-corrected chi connectivity index (χ3v) is 2.97. The molecule has 0 aromatic heterocycles. The van der Waals surface area contributed by atoms with Crippen LogP contribution in [0.2, 0.25) is 0 Å². The molecule has 0 aliphatic carbocycles. The van der Waals surface area contributed by atoms with Gasteiger partial charge in [-0.05, 0) is 36.8 Å². The van der Waals surface area contributed by atoms with Crippen LogP contribution in [0.1, 0.15) is 21.5 Å². The molecule has 0 saturated carbocycles. The Bertz CT molecular complexity index is 634. The van der Waals surface area contributed by atoms with Gasteiger partial charge in [-0.2, -0.15) is 0 Å². The van der Waals surface area contributed by atoms with E-state index in [9.17, 15) is 9.59 Å². The highest BCUT2D eigenvalue weighted by Crippen LogP contribution is 2.11. The van der Waals surface area contributed by atoms with Crippen LogP contribution in [-0.2, 0) is 6.54 Å². The fraction of sp³-hybridized carbons (Fsp3) is 0.125. The molecule has 0 saturated heterocycles. The van der Waals surface area contributed by atoms with E-state index < -0.39 is 6.09 Å². The predicted molar refractivity (Wildman–Crippen MR) is 80.4 cm³/mol. The van der Waals surface area contributed by atoms with Gasteiger partial charge in [0.1, 0.15) is 0 Å². The number of rotatable bonds is 4. The topological polar surface area (TPSA) is 78.4 Å². The maximum absolute atomic E-state index is 12.1. The average Bonchev–Trinajstić information content (AvgIpc) is 2.48. The van der Waals surface area contributed by atoms with Crippen LogP contribution in [0.5, 0.6) is 0 Å². The Morgan fingerprint density at radius 2 is 1.62 bits per heavy atom. The van der Waals surface area contributed by atoms with Gasteiger partial charge in [0.2, 0.25) is 0 Å². The van der Waals surface area contributed by atoms with Crippen LogP contribution in [0.15, 0.2) is 48.5 Å². The molecule has 0 heterocycles. The van der Waals surface area contributed by atoms with Gasteiger partial charge in [0, 0.05) is 17.8 Å². The fourth-order valence-corrected chi connectivity index (χ4v) is 1.79. The van der Waals surface area contributed by atoms with E-state index >= 15 is 0 Å². The van der Waals surface area contributed by atoms with E-state index in [4.69, 9.17) is 5.11 Å². The minimum atomic E-state index is -1.07. The van der Waals surface area contributed by atoms with Crippen LogP contribution < -0.4 is 10.6 Å². The maximum atomic E-state index is 12.1. The lowest BCUT2D eigenvalue weighted by Crippen LogP contribution is -2.20. The smallest absolute Gasteiger partial charge is 0.404 e. The van der Waals surface area contributed by atoms with Crippen molar-refractivity contribution in [1.29, 1.82) is 0 Å². The van der Waals surface area contributed by atoms with E-state index in [1.807, 2.05) is 31.2 Å². The Morgan fingerprint density at radius 3 is 2.19 bits per heavy atom. The average molecular weight is 284 g/mol. The SMILES string of the molecule is Cc1ccc(NC(=O)c2ccc(CNC(=O)O)cc2)cc1. The van der Waals surface area contributed by atoms with Crippen molar-refractivity contribution in [3.05, 3.63) is 65.2 Å². The van der Waals surface area contributed by atoms with Crippen LogP contribution in [-0.4, -0.2) is 17.1 Å². The zero-order valence-corrected chi connectivity index (χ0v) is 11.6. The molecular formula is C16H16N2O3. The molecule has 2 amide bonds. The monoisotopic (exact) mass is 284 g/mol. The molecule has 0 bridgehead atoms. The summed E-state index contributed by atoms with van der Waals surface area (Å²) in [5.41, 5.74) is 3.18. The highest BCUT2D eigenvalue weighted by Gasteiger charge is 2.06. The molecule has 0 aliphatic rings. The number of benzene rings is 2. The second-order valence-electron chi connectivity index (χ2n) is 4.68. The van der Waals surface area contributed by atoms with E-state index in [0.29, 0.717) is 5.56 Å². The van der Waals surface area contributed by atoms with Crippen molar-refractivity contribution < 1.29 is 14.7 Å². The molecule has 0 unspecified atom stereocenters. The van der Waals surface area contributed by atoms with Gasteiger partial charge in [0.05, 0.1) is 0 Å². The number of hydrogen-bond donors (Lipinski definition) is 3. The maximum Gasteiger partial charge on any atom is 0.404 e. The van der Waals surface area contributed by atoms with Crippen LogP contribution in [0.4, 0.5) is 10.5 Å². The molecule has 0 fully saturated rings. The molecule has 0 spiro atoms. The van der Waals surface area contributed by atoms with Gasteiger partial charge in [-0.15, -0.1) is 0 Å². The molecule has 2 rings (SSSR count). The molecule has 5 nitrogen and oxygen atoms in total. The van der Waals surface area contributed by atoms with Crippen LogP contribution in [0.3, 0.4) is 0 Å². The van der Waals surface area contributed by atoms with Crippen molar-refractivity contribution in [3.63, 3.8) is 0 Å². The first-order valence-electron chi connectivity index (χ1n) is 6.48. The van der Waals surface area contributed by atoms with E-state index in [1.54, 1.807) is 24.3 Å². The van der Waals surface area contributed by atoms with Gasteiger partial charge in [-0.25, -0.2) is 4.79 Å². The second-order valence-corrected chi connectivity index (χ2v) is 4.68. The number of carbonyl (C=O) groups is 2. The van der Waals surface area contributed by atoms with Gasteiger partial charge < -0.3 is 15.7 Å². The summed E-state index contributed by atoms with van der Waals surface area (Å²) in [4.78, 5) is 22.5. The number of amides is 2. The second kappa shape index (κ2) is 6.56. The largest absolute Gasteiger partial charge is 0.465 e. The third-order valence-electron chi connectivity index (χ3n) is 2.97. The van der Waals surface area contributed by atoms with Gasteiger partial charge in [0.15, 0.2) is 0 Å². The van der Waals surface area contributed by atoms with E-state index in [2.05, 4.69) is 10.6 Å². The van der Waals surface area contributed by atoms with E-state index in [-0.39, 0.29) is 12.5 Å². The Balaban J connectivity index is 1.99. The minimum Gasteiger partial charge on any atom is -0.465 e.